The van der Waals surface area contributed by atoms with Crippen molar-refractivity contribution in [3.63, 3.8) is 0 Å². The van der Waals surface area contributed by atoms with Gasteiger partial charge in [-0.25, -0.2) is 0 Å². The van der Waals surface area contributed by atoms with E-state index in [9.17, 15) is 0 Å². The van der Waals surface area contributed by atoms with Crippen molar-refractivity contribution in [2.45, 2.75) is 26.5 Å². The third-order valence-corrected chi connectivity index (χ3v) is 3.36. The highest BCUT2D eigenvalue weighted by Crippen LogP contribution is 2.25. The Morgan fingerprint density at radius 2 is 2.05 bits per heavy atom. The van der Waals surface area contributed by atoms with Crippen molar-refractivity contribution in [1.82, 2.24) is 4.98 Å². The van der Waals surface area contributed by atoms with Crippen LogP contribution in [0.25, 0.3) is 0 Å². The maximum atomic E-state index is 5.84. The van der Waals surface area contributed by atoms with Crippen molar-refractivity contribution in [3.8, 4) is 11.5 Å². The second kappa shape index (κ2) is 8.00. The molecule has 0 radical (unpaired) electrons. The van der Waals surface area contributed by atoms with E-state index in [0.29, 0.717) is 19.8 Å². The van der Waals surface area contributed by atoms with E-state index in [2.05, 4.69) is 27.8 Å². The fraction of sp³-hybridized carbons (Fsp3) is 0.312. The molecule has 112 valence electrons. The summed E-state index contributed by atoms with van der Waals surface area (Å²) < 4.78 is 12.4. The van der Waals surface area contributed by atoms with Gasteiger partial charge in [0, 0.05) is 28.8 Å². The predicted octanol–water partition coefficient (Wildman–Crippen LogP) is 3.67. The summed E-state index contributed by atoms with van der Waals surface area (Å²) in [6, 6.07) is 9.61. The van der Waals surface area contributed by atoms with Crippen LogP contribution in [-0.2, 0) is 13.2 Å². The minimum absolute atomic E-state index is 0.400. The van der Waals surface area contributed by atoms with E-state index in [1.165, 1.54) is 0 Å². The second-order valence-electron chi connectivity index (χ2n) is 4.58. The van der Waals surface area contributed by atoms with Gasteiger partial charge in [0.25, 0.3) is 0 Å². The Kier molecular flexibility index (Phi) is 6.02. The first-order valence-corrected chi connectivity index (χ1v) is 7.71. The predicted molar refractivity (Wildman–Crippen MR) is 86.4 cm³/mol. The number of rotatable bonds is 7. The van der Waals surface area contributed by atoms with Crippen molar-refractivity contribution >= 4 is 15.9 Å². The topological polar surface area (TPSA) is 57.4 Å². The van der Waals surface area contributed by atoms with Gasteiger partial charge in [-0.1, -0.05) is 13.0 Å². The van der Waals surface area contributed by atoms with Crippen LogP contribution in [0.15, 0.2) is 41.0 Å². The Labute approximate surface area is 133 Å². The lowest BCUT2D eigenvalue weighted by Gasteiger charge is -2.12. The Morgan fingerprint density at radius 1 is 1.19 bits per heavy atom. The van der Waals surface area contributed by atoms with E-state index in [1.807, 2.05) is 30.3 Å². The number of benzene rings is 1. The van der Waals surface area contributed by atoms with Crippen molar-refractivity contribution in [2.24, 2.45) is 5.73 Å². The molecule has 0 amide bonds. The average Bonchev–Trinajstić information content (AvgIpc) is 2.52. The summed E-state index contributed by atoms with van der Waals surface area (Å²) in [4.78, 5) is 4.29. The smallest absolute Gasteiger partial charge is 0.130 e. The lowest BCUT2D eigenvalue weighted by molar-refractivity contribution is 0.289. The molecule has 0 bridgehead atoms. The van der Waals surface area contributed by atoms with Crippen molar-refractivity contribution in [2.75, 3.05) is 6.61 Å². The molecule has 1 aromatic carbocycles. The molecule has 5 heteroatoms. The summed E-state index contributed by atoms with van der Waals surface area (Å²) in [6.07, 6.45) is 2.72. The summed E-state index contributed by atoms with van der Waals surface area (Å²) in [5.41, 5.74) is 7.56. The Bertz CT molecular complexity index is 573. The van der Waals surface area contributed by atoms with Crippen LogP contribution in [0.1, 0.15) is 24.6 Å². The van der Waals surface area contributed by atoms with Crippen LogP contribution in [0.2, 0.25) is 0 Å². The quantitative estimate of drug-likeness (QED) is 0.827. The zero-order valence-electron chi connectivity index (χ0n) is 12.0. The number of hydrogen-bond donors (Lipinski definition) is 1. The van der Waals surface area contributed by atoms with Crippen LogP contribution in [0, 0.1) is 0 Å². The molecule has 21 heavy (non-hydrogen) atoms. The highest BCUT2D eigenvalue weighted by atomic mass is 79.9. The first kappa shape index (κ1) is 15.8. The fourth-order valence-corrected chi connectivity index (χ4v) is 2.03. The zero-order valence-corrected chi connectivity index (χ0v) is 13.6. The zero-order chi connectivity index (χ0) is 15.1. The lowest BCUT2D eigenvalue weighted by atomic mass is 10.2. The second-order valence-corrected chi connectivity index (χ2v) is 5.49. The van der Waals surface area contributed by atoms with Gasteiger partial charge in [0.05, 0.1) is 12.3 Å². The molecule has 0 saturated carbocycles. The van der Waals surface area contributed by atoms with Gasteiger partial charge >= 0.3 is 0 Å². The first-order chi connectivity index (χ1) is 10.2. The molecule has 0 aliphatic rings. The summed E-state index contributed by atoms with van der Waals surface area (Å²) in [6.45, 7) is 3.59. The van der Waals surface area contributed by atoms with E-state index in [-0.39, 0.29) is 0 Å². The molecule has 0 unspecified atom stereocenters. The van der Waals surface area contributed by atoms with Crippen LogP contribution >= 0.6 is 15.9 Å². The Balaban J connectivity index is 2.07. The summed E-state index contributed by atoms with van der Waals surface area (Å²) >= 11 is 3.36. The van der Waals surface area contributed by atoms with Crippen molar-refractivity contribution < 1.29 is 9.47 Å². The van der Waals surface area contributed by atoms with E-state index >= 15 is 0 Å². The van der Waals surface area contributed by atoms with Gasteiger partial charge in [-0.3, -0.25) is 4.98 Å². The van der Waals surface area contributed by atoms with Crippen LogP contribution < -0.4 is 15.2 Å². The van der Waals surface area contributed by atoms with Crippen LogP contribution in [0.4, 0.5) is 0 Å². The van der Waals surface area contributed by atoms with Gasteiger partial charge in [-0.15, -0.1) is 0 Å². The largest absolute Gasteiger partial charge is 0.493 e. The third-order valence-electron chi connectivity index (χ3n) is 2.90. The SMILES string of the molecule is CCCOc1ccc(CN)c(OCc2ccc(Br)cn2)c1. The van der Waals surface area contributed by atoms with E-state index in [4.69, 9.17) is 15.2 Å². The van der Waals surface area contributed by atoms with Gasteiger partial charge in [0.2, 0.25) is 0 Å². The molecule has 0 aliphatic carbocycles. The number of nitrogens with zero attached hydrogens (tertiary/aromatic N) is 1. The monoisotopic (exact) mass is 350 g/mol. The maximum Gasteiger partial charge on any atom is 0.130 e. The van der Waals surface area contributed by atoms with Gasteiger partial charge < -0.3 is 15.2 Å². The standard InChI is InChI=1S/C16H19BrN2O2/c1-2-7-20-15-6-3-12(9-18)16(8-15)21-11-14-5-4-13(17)10-19-14/h3-6,8,10H,2,7,9,11,18H2,1H3. The lowest BCUT2D eigenvalue weighted by Crippen LogP contribution is -2.04. The molecular weight excluding hydrogens is 332 g/mol. The number of aromatic nitrogens is 1. The molecular formula is C16H19BrN2O2. The highest BCUT2D eigenvalue weighted by molar-refractivity contribution is 9.10. The molecule has 0 atom stereocenters. The van der Waals surface area contributed by atoms with E-state index in [1.54, 1.807) is 6.20 Å². The summed E-state index contributed by atoms with van der Waals surface area (Å²) in [5.74, 6) is 1.55. The Morgan fingerprint density at radius 3 is 2.71 bits per heavy atom. The molecule has 0 aliphatic heterocycles. The number of hydrogen-bond acceptors (Lipinski definition) is 4. The molecule has 0 saturated heterocycles. The molecule has 2 N–H and O–H groups in total. The minimum atomic E-state index is 0.400. The average molecular weight is 351 g/mol. The first-order valence-electron chi connectivity index (χ1n) is 6.92. The third kappa shape index (κ3) is 4.72. The number of pyridine rings is 1. The number of ether oxygens (including phenoxy) is 2. The number of halogens is 1. The highest BCUT2D eigenvalue weighted by Gasteiger charge is 2.06. The van der Waals surface area contributed by atoms with Crippen LogP contribution in [0.5, 0.6) is 11.5 Å². The molecule has 0 fully saturated rings. The van der Waals surface area contributed by atoms with Gasteiger partial charge in [-0.2, -0.15) is 0 Å². The molecule has 4 nitrogen and oxygen atoms in total. The summed E-state index contributed by atoms with van der Waals surface area (Å²) in [7, 11) is 0. The molecule has 1 aromatic heterocycles. The Hall–Kier alpha value is -1.59. The van der Waals surface area contributed by atoms with E-state index in [0.717, 1.165) is 33.6 Å². The molecule has 2 rings (SSSR count). The van der Waals surface area contributed by atoms with Gasteiger partial charge in [-0.05, 0) is 40.5 Å². The van der Waals surface area contributed by atoms with Crippen molar-refractivity contribution in [1.29, 1.82) is 0 Å². The minimum Gasteiger partial charge on any atom is -0.493 e. The molecule has 1 heterocycles. The van der Waals surface area contributed by atoms with Crippen molar-refractivity contribution in [3.05, 3.63) is 52.3 Å². The number of nitrogens with two attached hydrogens (primary N) is 1. The van der Waals surface area contributed by atoms with Gasteiger partial charge in [0.1, 0.15) is 18.1 Å². The molecule has 0 spiro atoms. The fourth-order valence-electron chi connectivity index (χ4n) is 1.79. The summed E-state index contributed by atoms with van der Waals surface area (Å²) in [5, 5.41) is 0. The normalized spacial score (nSPS) is 10.4. The maximum absolute atomic E-state index is 5.84. The van der Waals surface area contributed by atoms with E-state index < -0.39 is 0 Å². The van der Waals surface area contributed by atoms with Gasteiger partial charge in [0.15, 0.2) is 0 Å². The van der Waals surface area contributed by atoms with Crippen LogP contribution in [-0.4, -0.2) is 11.6 Å². The van der Waals surface area contributed by atoms with Crippen LogP contribution in [0.3, 0.4) is 0 Å². The molecule has 2 aromatic rings.